The third-order valence-corrected chi connectivity index (χ3v) is 4.06. The summed E-state index contributed by atoms with van der Waals surface area (Å²) in [6, 6.07) is 7.69. The van der Waals surface area contributed by atoms with E-state index < -0.39 is 11.9 Å². The summed E-state index contributed by atoms with van der Waals surface area (Å²) in [5.74, 6) is -0.791. The minimum absolute atomic E-state index is 0.157. The first-order valence-corrected chi connectivity index (χ1v) is 8.66. The first-order chi connectivity index (χ1) is 13.5. The minimum Gasteiger partial charge on any atom is -0.486 e. The number of fused-ring (bicyclic) bond motifs is 1. The molecular weight excluding hydrogens is 366 g/mol. The number of carboxylic acid groups (broad SMARTS) is 1. The normalized spacial score (nSPS) is 12.2. The zero-order valence-electron chi connectivity index (χ0n) is 15.2. The Labute approximate surface area is 160 Å². The van der Waals surface area contributed by atoms with Crippen molar-refractivity contribution in [2.75, 3.05) is 31.6 Å². The molecule has 9 nitrogen and oxygen atoms in total. The Morgan fingerprint density at radius 1 is 1.14 bits per heavy atom. The Hall–Kier alpha value is -3.62. The molecule has 28 heavy (non-hydrogen) atoms. The number of carbonyl (C=O) groups excluding carboxylic acids is 2. The van der Waals surface area contributed by atoms with E-state index in [4.69, 9.17) is 14.6 Å². The molecule has 2 aromatic rings. The number of anilines is 1. The van der Waals surface area contributed by atoms with Gasteiger partial charge in [0.15, 0.2) is 11.5 Å². The second-order valence-electron chi connectivity index (χ2n) is 5.96. The lowest BCUT2D eigenvalue weighted by Gasteiger charge is -2.21. The quantitative estimate of drug-likeness (QED) is 0.776. The number of hydrogen-bond acceptors (Lipinski definition) is 6. The smallest absolute Gasteiger partial charge is 0.354 e. The average molecular weight is 385 g/mol. The molecule has 0 atom stereocenters. The average Bonchev–Trinajstić information content (AvgIpc) is 2.71. The maximum atomic E-state index is 12.6. The van der Waals surface area contributed by atoms with Crippen LogP contribution in [0, 0.1) is 0 Å². The summed E-state index contributed by atoms with van der Waals surface area (Å²) >= 11 is 0. The molecule has 0 bridgehead atoms. The van der Waals surface area contributed by atoms with Crippen LogP contribution in [-0.4, -0.2) is 59.1 Å². The van der Waals surface area contributed by atoms with Crippen LogP contribution in [-0.2, 0) is 4.79 Å². The third-order valence-electron chi connectivity index (χ3n) is 4.06. The summed E-state index contributed by atoms with van der Waals surface area (Å²) in [7, 11) is 0. The molecule has 0 radical (unpaired) electrons. The van der Waals surface area contributed by atoms with Gasteiger partial charge in [-0.1, -0.05) is 0 Å². The van der Waals surface area contributed by atoms with Crippen LogP contribution in [0.4, 0.5) is 5.69 Å². The molecule has 2 heterocycles. The first-order valence-electron chi connectivity index (χ1n) is 8.66. The lowest BCUT2D eigenvalue weighted by Crippen LogP contribution is -2.38. The second-order valence-corrected chi connectivity index (χ2v) is 5.96. The number of carbonyl (C=O) groups is 3. The molecule has 3 rings (SSSR count). The van der Waals surface area contributed by atoms with Crippen LogP contribution in [0.1, 0.15) is 27.8 Å². The van der Waals surface area contributed by atoms with Gasteiger partial charge in [0, 0.05) is 24.5 Å². The van der Waals surface area contributed by atoms with Gasteiger partial charge >= 0.3 is 5.97 Å². The standard InChI is InChI=1S/C19H19N3O6/c1-2-22(18(24)12-3-5-14(19(25)26)20-10-12)11-17(23)21-13-4-6-15-16(9-13)28-8-7-27-15/h3-6,9-10H,2,7-8,11H2,1H3,(H,21,23)(H,25,26). The molecule has 2 amide bonds. The highest BCUT2D eigenvalue weighted by atomic mass is 16.6. The van der Waals surface area contributed by atoms with E-state index in [1.807, 2.05) is 0 Å². The highest BCUT2D eigenvalue weighted by molar-refractivity contribution is 5.99. The molecule has 0 aliphatic carbocycles. The summed E-state index contributed by atoms with van der Waals surface area (Å²) in [5.41, 5.74) is 0.583. The highest BCUT2D eigenvalue weighted by Crippen LogP contribution is 2.32. The molecular formula is C19H19N3O6. The van der Waals surface area contributed by atoms with Gasteiger partial charge < -0.3 is 24.8 Å². The van der Waals surface area contributed by atoms with Crippen molar-refractivity contribution in [3.05, 3.63) is 47.8 Å². The van der Waals surface area contributed by atoms with E-state index in [-0.39, 0.29) is 23.7 Å². The number of rotatable bonds is 6. The second kappa shape index (κ2) is 8.38. The van der Waals surface area contributed by atoms with Crippen LogP contribution in [0.3, 0.4) is 0 Å². The fourth-order valence-electron chi connectivity index (χ4n) is 2.65. The monoisotopic (exact) mass is 385 g/mol. The Bertz CT molecular complexity index is 897. The maximum Gasteiger partial charge on any atom is 0.354 e. The Morgan fingerprint density at radius 2 is 1.89 bits per heavy atom. The molecule has 1 aromatic carbocycles. The van der Waals surface area contributed by atoms with Crippen molar-refractivity contribution < 1.29 is 29.0 Å². The van der Waals surface area contributed by atoms with Gasteiger partial charge in [-0.15, -0.1) is 0 Å². The molecule has 0 spiro atoms. The lowest BCUT2D eigenvalue weighted by atomic mass is 10.2. The van der Waals surface area contributed by atoms with Crippen LogP contribution >= 0.6 is 0 Å². The first kappa shape index (κ1) is 19.2. The van der Waals surface area contributed by atoms with Gasteiger partial charge in [-0.05, 0) is 31.2 Å². The SMILES string of the molecule is CCN(CC(=O)Nc1ccc2c(c1)OCCO2)C(=O)c1ccc(C(=O)O)nc1. The Morgan fingerprint density at radius 3 is 2.54 bits per heavy atom. The van der Waals surface area contributed by atoms with Crippen molar-refractivity contribution in [3.8, 4) is 11.5 Å². The molecule has 1 aliphatic rings. The van der Waals surface area contributed by atoms with Crippen LogP contribution in [0.25, 0.3) is 0 Å². The lowest BCUT2D eigenvalue weighted by molar-refractivity contribution is -0.116. The third kappa shape index (κ3) is 4.37. The number of ether oxygens (including phenoxy) is 2. The fourth-order valence-corrected chi connectivity index (χ4v) is 2.65. The van der Waals surface area contributed by atoms with E-state index in [9.17, 15) is 14.4 Å². The predicted molar refractivity (Wildman–Crippen MR) is 98.8 cm³/mol. The van der Waals surface area contributed by atoms with E-state index in [1.54, 1.807) is 25.1 Å². The van der Waals surface area contributed by atoms with Crippen molar-refractivity contribution in [2.24, 2.45) is 0 Å². The van der Waals surface area contributed by atoms with Gasteiger partial charge in [0.2, 0.25) is 5.91 Å². The van der Waals surface area contributed by atoms with Crippen molar-refractivity contribution >= 4 is 23.5 Å². The summed E-state index contributed by atoms with van der Waals surface area (Å²) in [6.45, 7) is 2.80. The number of pyridine rings is 1. The van der Waals surface area contributed by atoms with Gasteiger partial charge in [-0.25, -0.2) is 9.78 Å². The van der Waals surface area contributed by atoms with Gasteiger partial charge in [0.1, 0.15) is 25.5 Å². The Balaban J connectivity index is 1.64. The van der Waals surface area contributed by atoms with Crippen LogP contribution in [0.15, 0.2) is 36.5 Å². The summed E-state index contributed by atoms with van der Waals surface area (Å²) < 4.78 is 10.9. The van der Waals surface area contributed by atoms with Crippen LogP contribution < -0.4 is 14.8 Å². The summed E-state index contributed by atoms with van der Waals surface area (Å²) in [4.78, 5) is 40.8. The van der Waals surface area contributed by atoms with Crippen molar-refractivity contribution in [1.29, 1.82) is 0 Å². The topological polar surface area (TPSA) is 118 Å². The van der Waals surface area contributed by atoms with Gasteiger partial charge in [-0.2, -0.15) is 0 Å². The highest BCUT2D eigenvalue weighted by Gasteiger charge is 2.19. The van der Waals surface area contributed by atoms with Crippen molar-refractivity contribution in [2.45, 2.75) is 6.92 Å². The molecule has 0 saturated carbocycles. The number of aromatic nitrogens is 1. The zero-order chi connectivity index (χ0) is 20.1. The molecule has 0 saturated heterocycles. The largest absolute Gasteiger partial charge is 0.486 e. The number of carboxylic acids is 1. The molecule has 146 valence electrons. The van der Waals surface area contributed by atoms with Gasteiger partial charge in [0.05, 0.1) is 5.56 Å². The van der Waals surface area contributed by atoms with E-state index in [0.29, 0.717) is 36.9 Å². The molecule has 0 fully saturated rings. The number of benzene rings is 1. The maximum absolute atomic E-state index is 12.6. The number of nitrogens with zero attached hydrogens (tertiary/aromatic N) is 2. The molecule has 1 aliphatic heterocycles. The number of likely N-dealkylation sites (N-methyl/N-ethyl adjacent to an activating group) is 1. The fraction of sp³-hybridized carbons (Fsp3) is 0.263. The number of aromatic carboxylic acids is 1. The van der Waals surface area contributed by atoms with E-state index >= 15 is 0 Å². The number of nitrogens with one attached hydrogen (secondary N) is 1. The van der Waals surface area contributed by atoms with E-state index in [2.05, 4.69) is 10.3 Å². The van der Waals surface area contributed by atoms with Crippen molar-refractivity contribution in [3.63, 3.8) is 0 Å². The van der Waals surface area contributed by atoms with Crippen LogP contribution in [0.5, 0.6) is 11.5 Å². The Kier molecular flexibility index (Phi) is 5.73. The number of hydrogen-bond donors (Lipinski definition) is 2. The van der Waals surface area contributed by atoms with E-state index in [0.717, 1.165) is 0 Å². The van der Waals surface area contributed by atoms with Gasteiger partial charge in [-0.3, -0.25) is 9.59 Å². The minimum atomic E-state index is -1.18. The zero-order valence-corrected chi connectivity index (χ0v) is 15.2. The molecule has 0 unspecified atom stereocenters. The molecule has 9 heteroatoms. The van der Waals surface area contributed by atoms with Crippen LogP contribution in [0.2, 0.25) is 0 Å². The van der Waals surface area contributed by atoms with Gasteiger partial charge in [0.25, 0.3) is 5.91 Å². The number of amides is 2. The van der Waals surface area contributed by atoms with E-state index in [1.165, 1.54) is 23.2 Å². The summed E-state index contributed by atoms with van der Waals surface area (Å²) in [5, 5.41) is 11.6. The van der Waals surface area contributed by atoms with Crippen molar-refractivity contribution in [1.82, 2.24) is 9.88 Å². The molecule has 1 aromatic heterocycles. The molecule has 2 N–H and O–H groups in total. The predicted octanol–water partition coefficient (Wildman–Crippen LogP) is 1.65. The summed E-state index contributed by atoms with van der Waals surface area (Å²) in [6.07, 6.45) is 1.19.